The fourth-order valence-corrected chi connectivity index (χ4v) is 3.36. The smallest absolute Gasteiger partial charge is 0.307 e. The standard InChI is InChI=1S/C13H18F3NS/c1-9(12-6-3-7-18-12)17-11-5-2-4-10(8-11)13(14,15)16/h3,6-7,9-11,17H,2,4-5,8H2,1H3. The highest BCUT2D eigenvalue weighted by molar-refractivity contribution is 7.10. The Labute approximate surface area is 109 Å². The first kappa shape index (κ1) is 13.9. The zero-order valence-corrected chi connectivity index (χ0v) is 11.2. The van der Waals surface area contributed by atoms with Crippen molar-refractivity contribution in [2.45, 2.75) is 50.9 Å². The third kappa shape index (κ3) is 3.48. The molecule has 0 aliphatic heterocycles. The van der Waals surface area contributed by atoms with E-state index >= 15 is 0 Å². The molecule has 1 nitrogen and oxygen atoms in total. The highest BCUT2D eigenvalue weighted by Gasteiger charge is 2.42. The lowest BCUT2D eigenvalue weighted by Gasteiger charge is -2.32. The van der Waals surface area contributed by atoms with Gasteiger partial charge in [-0.05, 0) is 37.6 Å². The van der Waals surface area contributed by atoms with Crippen LogP contribution < -0.4 is 5.32 Å². The van der Waals surface area contributed by atoms with Gasteiger partial charge in [-0.2, -0.15) is 13.2 Å². The summed E-state index contributed by atoms with van der Waals surface area (Å²) in [6.07, 6.45) is -2.01. The molecule has 0 bridgehead atoms. The van der Waals surface area contributed by atoms with Gasteiger partial charge in [-0.15, -0.1) is 11.3 Å². The predicted molar refractivity (Wildman–Crippen MR) is 67.7 cm³/mol. The lowest BCUT2D eigenvalue weighted by Crippen LogP contribution is -2.39. The van der Waals surface area contributed by atoms with Crippen LogP contribution in [0.25, 0.3) is 0 Å². The predicted octanol–water partition coefficient (Wildman–Crippen LogP) is 4.52. The maximum absolute atomic E-state index is 12.7. The molecule has 5 heteroatoms. The maximum Gasteiger partial charge on any atom is 0.391 e. The average Bonchev–Trinajstić information content (AvgIpc) is 2.81. The van der Waals surface area contributed by atoms with Crippen LogP contribution in [0.1, 0.15) is 43.5 Å². The number of thiophene rings is 1. The summed E-state index contributed by atoms with van der Waals surface area (Å²) in [6.45, 7) is 2.02. The lowest BCUT2D eigenvalue weighted by atomic mass is 9.85. The van der Waals surface area contributed by atoms with Crippen molar-refractivity contribution in [3.05, 3.63) is 22.4 Å². The van der Waals surface area contributed by atoms with Gasteiger partial charge in [0.1, 0.15) is 0 Å². The third-order valence-electron chi connectivity index (χ3n) is 3.59. The van der Waals surface area contributed by atoms with E-state index in [-0.39, 0.29) is 24.9 Å². The topological polar surface area (TPSA) is 12.0 Å². The Balaban J connectivity index is 1.90. The third-order valence-corrected chi connectivity index (χ3v) is 4.65. The van der Waals surface area contributed by atoms with Gasteiger partial charge in [0.25, 0.3) is 0 Å². The summed E-state index contributed by atoms with van der Waals surface area (Å²) in [5, 5.41) is 5.33. The molecular weight excluding hydrogens is 259 g/mol. The van der Waals surface area contributed by atoms with Crippen LogP contribution in [-0.2, 0) is 0 Å². The normalized spacial score (nSPS) is 27.1. The Morgan fingerprint density at radius 3 is 2.78 bits per heavy atom. The molecule has 0 amide bonds. The van der Waals surface area contributed by atoms with Crippen molar-refractivity contribution in [2.75, 3.05) is 0 Å². The maximum atomic E-state index is 12.7. The van der Waals surface area contributed by atoms with E-state index in [0.717, 1.165) is 6.42 Å². The first-order chi connectivity index (χ1) is 8.47. The average molecular weight is 277 g/mol. The van der Waals surface area contributed by atoms with Gasteiger partial charge in [0, 0.05) is 17.0 Å². The first-order valence-corrected chi connectivity index (χ1v) is 7.21. The quantitative estimate of drug-likeness (QED) is 0.856. The number of alkyl halides is 3. The molecule has 3 unspecified atom stereocenters. The van der Waals surface area contributed by atoms with Crippen molar-refractivity contribution in [1.29, 1.82) is 0 Å². The van der Waals surface area contributed by atoms with E-state index in [1.54, 1.807) is 11.3 Å². The zero-order valence-electron chi connectivity index (χ0n) is 10.3. The van der Waals surface area contributed by atoms with Crippen LogP contribution in [0.2, 0.25) is 0 Å². The van der Waals surface area contributed by atoms with Gasteiger partial charge in [-0.1, -0.05) is 12.5 Å². The fraction of sp³-hybridized carbons (Fsp3) is 0.692. The molecule has 0 aromatic carbocycles. The highest BCUT2D eigenvalue weighted by atomic mass is 32.1. The molecule has 1 N–H and O–H groups in total. The molecule has 0 radical (unpaired) electrons. The molecule has 1 heterocycles. The van der Waals surface area contributed by atoms with Crippen LogP contribution in [0.5, 0.6) is 0 Å². The number of rotatable bonds is 3. The van der Waals surface area contributed by atoms with Crippen LogP contribution in [0.3, 0.4) is 0 Å². The van der Waals surface area contributed by atoms with Gasteiger partial charge in [0.05, 0.1) is 5.92 Å². The molecule has 1 fully saturated rings. The minimum atomic E-state index is -4.04. The molecule has 1 aliphatic carbocycles. The fourth-order valence-electron chi connectivity index (χ4n) is 2.61. The summed E-state index contributed by atoms with van der Waals surface area (Å²) in [7, 11) is 0. The molecule has 1 saturated carbocycles. The monoisotopic (exact) mass is 277 g/mol. The van der Waals surface area contributed by atoms with Crippen molar-refractivity contribution in [3.8, 4) is 0 Å². The largest absolute Gasteiger partial charge is 0.391 e. The van der Waals surface area contributed by atoms with Crippen LogP contribution >= 0.6 is 11.3 Å². The second-order valence-electron chi connectivity index (χ2n) is 5.01. The molecular formula is C13H18F3NS. The second kappa shape index (κ2) is 5.61. The lowest BCUT2D eigenvalue weighted by molar-refractivity contribution is -0.183. The SMILES string of the molecule is CC(NC1CCCC(C(F)(F)F)C1)c1cccs1. The summed E-state index contributed by atoms with van der Waals surface area (Å²) in [4.78, 5) is 1.18. The van der Waals surface area contributed by atoms with E-state index in [1.807, 2.05) is 24.4 Å². The first-order valence-electron chi connectivity index (χ1n) is 6.33. The molecule has 0 spiro atoms. The Hall–Kier alpha value is -0.550. The molecule has 18 heavy (non-hydrogen) atoms. The van der Waals surface area contributed by atoms with E-state index in [1.165, 1.54) is 4.88 Å². The minimum Gasteiger partial charge on any atom is -0.307 e. The van der Waals surface area contributed by atoms with E-state index in [4.69, 9.17) is 0 Å². The minimum absolute atomic E-state index is 0.0116. The summed E-state index contributed by atoms with van der Waals surface area (Å²) >= 11 is 1.64. The number of hydrogen-bond donors (Lipinski definition) is 1. The van der Waals surface area contributed by atoms with Crippen molar-refractivity contribution >= 4 is 11.3 Å². The van der Waals surface area contributed by atoms with Crippen LogP contribution in [0.15, 0.2) is 17.5 Å². The van der Waals surface area contributed by atoms with Gasteiger partial charge < -0.3 is 5.32 Å². The van der Waals surface area contributed by atoms with E-state index in [0.29, 0.717) is 6.42 Å². The van der Waals surface area contributed by atoms with Crippen molar-refractivity contribution in [2.24, 2.45) is 5.92 Å². The van der Waals surface area contributed by atoms with Gasteiger partial charge in [0.2, 0.25) is 0 Å². The van der Waals surface area contributed by atoms with Gasteiger partial charge in [-0.3, -0.25) is 0 Å². The zero-order chi connectivity index (χ0) is 13.2. The summed E-state index contributed by atoms with van der Waals surface area (Å²) in [5.41, 5.74) is 0. The molecule has 1 aliphatic rings. The summed E-state index contributed by atoms with van der Waals surface area (Å²) in [5.74, 6) is -1.13. The molecule has 102 valence electrons. The van der Waals surface area contributed by atoms with Crippen LogP contribution in [0.4, 0.5) is 13.2 Å². The van der Waals surface area contributed by atoms with Gasteiger partial charge in [-0.25, -0.2) is 0 Å². The molecule has 1 aromatic heterocycles. The van der Waals surface area contributed by atoms with Crippen LogP contribution in [-0.4, -0.2) is 12.2 Å². The summed E-state index contributed by atoms with van der Waals surface area (Å²) < 4.78 is 38.1. The Morgan fingerprint density at radius 2 is 2.17 bits per heavy atom. The van der Waals surface area contributed by atoms with Crippen molar-refractivity contribution in [3.63, 3.8) is 0 Å². The van der Waals surface area contributed by atoms with E-state index < -0.39 is 12.1 Å². The highest BCUT2D eigenvalue weighted by Crippen LogP contribution is 2.38. The van der Waals surface area contributed by atoms with Crippen molar-refractivity contribution in [1.82, 2.24) is 5.32 Å². The van der Waals surface area contributed by atoms with E-state index in [9.17, 15) is 13.2 Å². The van der Waals surface area contributed by atoms with Gasteiger partial charge >= 0.3 is 6.18 Å². The Bertz CT molecular complexity index is 361. The Kier molecular flexibility index (Phi) is 4.33. The number of halogens is 3. The van der Waals surface area contributed by atoms with E-state index in [2.05, 4.69) is 5.32 Å². The molecule has 1 aromatic rings. The summed E-state index contributed by atoms with van der Waals surface area (Å²) in [6, 6.07) is 4.12. The van der Waals surface area contributed by atoms with Crippen LogP contribution in [0, 0.1) is 5.92 Å². The molecule has 3 atom stereocenters. The number of hydrogen-bond acceptors (Lipinski definition) is 2. The second-order valence-corrected chi connectivity index (χ2v) is 5.99. The molecule has 2 rings (SSSR count). The molecule has 0 saturated heterocycles. The Morgan fingerprint density at radius 1 is 1.39 bits per heavy atom. The number of nitrogens with one attached hydrogen (secondary N) is 1. The van der Waals surface area contributed by atoms with Crippen molar-refractivity contribution < 1.29 is 13.2 Å². The van der Waals surface area contributed by atoms with Gasteiger partial charge in [0.15, 0.2) is 0 Å².